The van der Waals surface area contributed by atoms with Gasteiger partial charge >= 0.3 is 5.97 Å². The number of carbonyl (C=O) groups is 2. The summed E-state index contributed by atoms with van der Waals surface area (Å²) in [6.45, 7) is 2.98. The number of hydrogen-bond acceptors (Lipinski definition) is 5. The molecule has 0 aliphatic carbocycles. The van der Waals surface area contributed by atoms with Gasteiger partial charge in [-0.05, 0) is 19.9 Å². The Labute approximate surface area is 132 Å². The van der Waals surface area contributed by atoms with Crippen LogP contribution in [0.2, 0.25) is 0 Å². The lowest BCUT2D eigenvalue weighted by molar-refractivity contribution is -0.147. The van der Waals surface area contributed by atoms with Crippen molar-refractivity contribution in [2.75, 3.05) is 6.61 Å². The highest BCUT2D eigenvalue weighted by Gasteiger charge is 2.32. The number of nitriles is 1. The predicted molar refractivity (Wildman–Crippen MR) is 84.0 cm³/mol. The first kappa shape index (κ1) is 16.4. The summed E-state index contributed by atoms with van der Waals surface area (Å²) in [4.78, 5) is 36.7. The van der Waals surface area contributed by atoms with Crippen LogP contribution in [0.25, 0.3) is 10.9 Å². The van der Waals surface area contributed by atoms with Crippen molar-refractivity contribution in [3.63, 3.8) is 0 Å². The fraction of sp³-hybridized carbons (Fsp3) is 0.294. The van der Waals surface area contributed by atoms with Crippen molar-refractivity contribution >= 4 is 22.7 Å². The third-order valence-electron chi connectivity index (χ3n) is 3.67. The molecule has 0 bridgehead atoms. The minimum atomic E-state index is -1.29. The number of ether oxygens (including phenoxy) is 1. The topological polar surface area (TPSA) is 89.2 Å². The first-order valence-corrected chi connectivity index (χ1v) is 7.12. The minimum absolute atomic E-state index is 0.104. The molecular weight excluding hydrogens is 296 g/mol. The molecule has 2 rings (SSSR count). The third kappa shape index (κ3) is 2.73. The number of esters is 1. The van der Waals surface area contributed by atoms with Gasteiger partial charge in [0.05, 0.1) is 12.1 Å². The van der Waals surface area contributed by atoms with Gasteiger partial charge in [0, 0.05) is 18.0 Å². The van der Waals surface area contributed by atoms with Crippen LogP contribution in [0.4, 0.5) is 0 Å². The maximum atomic E-state index is 12.4. The zero-order valence-corrected chi connectivity index (χ0v) is 13.1. The van der Waals surface area contributed by atoms with Crippen LogP contribution in [0.3, 0.4) is 0 Å². The van der Waals surface area contributed by atoms with E-state index in [0.29, 0.717) is 10.9 Å². The molecule has 0 spiro atoms. The Morgan fingerprint density at radius 2 is 2.00 bits per heavy atom. The van der Waals surface area contributed by atoms with Crippen LogP contribution in [-0.4, -0.2) is 22.9 Å². The number of pyridine rings is 1. The number of hydrogen-bond donors (Lipinski definition) is 0. The van der Waals surface area contributed by atoms with E-state index in [1.54, 1.807) is 38.2 Å². The average molecular weight is 312 g/mol. The molecule has 23 heavy (non-hydrogen) atoms. The van der Waals surface area contributed by atoms with Gasteiger partial charge in [-0.3, -0.25) is 14.4 Å². The fourth-order valence-corrected chi connectivity index (χ4v) is 2.64. The van der Waals surface area contributed by atoms with E-state index in [1.807, 2.05) is 6.07 Å². The summed E-state index contributed by atoms with van der Waals surface area (Å²) >= 11 is 0. The number of nitrogens with zero attached hydrogens (tertiary/aromatic N) is 2. The largest absolute Gasteiger partial charge is 0.465 e. The molecule has 0 saturated carbocycles. The summed E-state index contributed by atoms with van der Waals surface area (Å²) in [5.74, 6) is -2.52. The van der Waals surface area contributed by atoms with Gasteiger partial charge in [0.2, 0.25) is 0 Å². The van der Waals surface area contributed by atoms with Gasteiger partial charge in [-0.15, -0.1) is 0 Å². The van der Waals surface area contributed by atoms with Crippen LogP contribution in [0, 0.1) is 11.3 Å². The van der Waals surface area contributed by atoms with E-state index in [2.05, 4.69) is 0 Å². The Hall–Kier alpha value is -2.94. The van der Waals surface area contributed by atoms with E-state index in [4.69, 9.17) is 4.74 Å². The average Bonchev–Trinajstić information content (AvgIpc) is 2.52. The van der Waals surface area contributed by atoms with E-state index < -0.39 is 23.2 Å². The van der Waals surface area contributed by atoms with Gasteiger partial charge < -0.3 is 9.30 Å². The lowest BCUT2D eigenvalue weighted by Gasteiger charge is -2.18. The van der Waals surface area contributed by atoms with Gasteiger partial charge in [0.25, 0.3) is 5.56 Å². The van der Waals surface area contributed by atoms with Crippen molar-refractivity contribution in [2.24, 2.45) is 7.05 Å². The number of aromatic nitrogens is 1. The van der Waals surface area contributed by atoms with Crippen LogP contribution >= 0.6 is 0 Å². The van der Waals surface area contributed by atoms with Crippen molar-refractivity contribution in [1.29, 1.82) is 5.26 Å². The minimum Gasteiger partial charge on any atom is -0.465 e. The molecule has 0 fully saturated rings. The van der Waals surface area contributed by atoms with E-state index in [1.165, 1.54) is 11.5 Å². The van der Waals surface area contributed by atoms with Crippen LogP contribution in [0.1, 0.15) is 30.9 Å². The van der Waals surface area contributed by atoms with E-state index in [-0.39, 0.29) is 17.7 Å². The van der Waals surface area contributed by atoms with Gasteiger partial charge in [0.15, 0.2) is 0 Å². The third-order valence-corrected chi connectivity index (χ3v) is 3.67. The molecule has 0 aliphatic heterocycles. The number of benzene rings is 1. The molecule has 118 valence electrons. The molecule has 2 aromatic rings. The second-order valence-electron chi connectivity index (χ2n) is 5.08. The van der Waals surface area contributed by atoms with Crippen LogP contribution in [0.5, 0.6) is 0 Å². The quantitative estimate of drug-likeness (QED) is 0.632. The summed E-state index contributed by atoms with van der Waals surface area (Å²) in [7, 11) is 1.54. The highest BCUT2D eigenvalue weighted by Crippen LogP contribution is 2.28. The van der Waals surface area contributed by atoms with Crippen molar-refractivity contribution in [3.05, 3.63) is 45.7 Å². The molecule has 1 unspecified atom stereocenters. The molecular formula is C17H16N2O4. The van der Waals surface area contributed by atoms with Gasteiger partial charge in [0.1, 0.15) is 23.3 Å². The highest BCUT2D eigenvalue weighted by molar-refractivity contribution is 6.07. The zero-order chi connectivity index (χ0) is 17.1. The van der Waals surface area contributed by atoms with Gasteiger partial charge in [-0.2, -0.15) is 5.26 Å². The maximum Gasteiger partial charge on any atom is 0.321 e. The normalized spacial score (nSPS) is 11.7. The number of Topliss-reactive ketones (excluding diaryl/α,β-unsaturated/α-hetero) is 1. The van der Waals surface area contributed by atoms with E-state index in [0.717, 1.165) is 0 Å². The Morgan fingerprint density at radius 3 is 2.57 bits per heavy atom. The monoisotopic (exact) mass is 312 g/mol. The molecule has 0 N–H and O–H groups in total. The van der Waals surface area contributed by atoms with Gasteiger partial charge in [-0.1, -0.05) is 18.2 Å². The lowest BCUT2D eigenvalue weighted by Crippen LogP contribution is -2.29. The summed E-state index contributed by atoms with van der Waals surface area (Å²) in [6, 6.07) is 8.68. The number of fused-ring (bicyclic) bond motifs is 1. The van der Waals surface area contributed by atoms with Crippen LogP contribution in [-0.2, 0) is 21.4 Å². The molecule has 0 aliphatic rings. The summed E-state index contributed by atoms with van der Waals surface area (Å²) < 4.78 is 6.29. The second-order valence-corrected chi connectivity index (χ2v) is 5.08. The van der Waals surface area contributed by atoms with Crippen molar-refractivity contribution < 1.29 is 14.3 Å². The standard InChI is InChI=1S/C17H16N2O4/c1-4-23-17(22)14(10(2)20)15-11-7-5-6-8-13(11)19(3)16(21)12(15)9-18/h5-8,14H,4H2,1-3H3. The maximum absolute atomic E-state index is 12.4. The molecule has 0 amide bonds. The molecule has 1 aromatic heterocycles. The highest BCUT2D eigenvalue weighted by atomic mass is 16.5. The Balaban J connectivity index is 2.94. The number of ketones is 1. The second kappa shape index (κ2) is 6.44. The van der Waals surface area contributed by atoms with Gasteiger partial charge in [-0.25, -0.2) is 0 Å². The summed E-state index contributed by atoms with van der Waals surface area (Å²) in [5.41, 5.74) is -0.0876. The number of para-hydroxylation sites is 1. The number of aryl methyl sites for hydroxylation is 1. The zero-order valence-electron chi connectivity index (χ0n) is 13.1. The fourth-order valence-electron chi connectivity index (χ4n) is 2.64. The van der Waals surface area contributed by atoms with Crippen molar-refractivity contribution in [3.8, 4) is 6.07 Å². The Morgan fingerprint density at radius 1 is 1.35 bits per heavy atom. The number of rotatable bonds is 4. The smallest absolute Gasteiger partial charge is 0.321 e. The van der Waals surface area contributed by atoms with E-state index in [9.17, 15) is 19.6 Å². The first-order valence-electron chi connectivity index (χ1n) is 7.12. The molecule has 1 heterocycles. The molecule has 0 saturated heterocycles. The van der Waals surface area contributed by atoms with Crippen molar-refractivity contribution in [2.45, 2.75) is 19.8 Å². The molecule has 6 heteroatoms. The summed E-state index contributed by atoms with van der Waals surface area (Å²) in [6.07, 6.45) is 0. The molecule has 1 atom stereocenters. The first-order chi connectivity index (χ1) is 10.9. The Kier molecular flexibility index (Phi) is 4.60. The SMILES string of the molecule is CCOC(=O)C(C(C)=O)c1c(C#N)c(=O)n(C)c2ccccc12. The molecule has 6 nitrogen and oxygen atoms in total. The number of carbonyl (C=O) groups excluding carboxylic acids is 2. The van der Waals surface area contributed by atoms with Crippen molar-refractivity contribution in [1.82, 2.24) is 4.57 Å². The Bertz CT molecular complexity index is 890. The van der Waals surface area contributed by atoms with Crippen LogP contribution in [0.15, 0.2) is 29.1 Å². The molecule has 0 radical (unpaired) electrons. The molecule has 1 aromatic carbocycles. The van der Waals surface area contributed by atoms with Crippen LogP contribution < -0.4 is 5.56 Å². The summed E-state index contributed by atoms with van der Waals surface area (Å²) in [5, 5.41) is 9.91. The lowest BCUT2D eigenvalue weighted by atomic mass is 9.89. The van der Waals surface area contributed by atoms with E-state index >= 15 is 0 Å². The predicted octanol–water partition coefficient (Wildman–Crippen LogP) is 1.65.